The van der Waals surface area contributed by atoms with Crippen molar-refractivity contribution >= 4 is 11.9 Å². The van der Waals surface area contributed by atoms with Gasteiger partial charge < -0.3 is 24.3 Å². The molecule has 174 valence electrons. The van der Waals surface area contributed by atoms with E-state index < -0.39 is 5.60 Å². The first-order valence-electron chi connectivity index (χ1n) is 11.6. The summed E-state index contributed by atoms with van der Waals surface area (Å²) in [5.41, 5.74) is 2.81. The van der Waals surface area contributed by atoms with Crippen molar-refractivity contribution in [3.8, 4) is 28.4 Å². The summed E-state index contributed by atoms with van der Waals surface area (Å²) >= 11 is 0. The molecule has 2 saturated carbocycles. The molecule has 0 spiro atoms. The SMILES string of the molecule is COc1ccc(-c2ccc3c(c2)CNC3=O)c(OCC2(OC(=O)C3CCCC3)CC2)c1OC. The van der Waals surface area contributed by atoms with E-state index in [4.69, 9.17) is 18.9 Å². The summed E-state index contributed by atoms with van der Waals surface area (Å²) in [6.07, 6.45) is 5.60. The summed E-state index contributed by atoms with van der Waals surface area (Å²) in [4.78, 5) is 24.6. The van der Waals surface area contributed by atoms with Crippen molar-refractivity contribution in [1.82, 2.24) is 5.32 Å². The minimum absolute atomic E-state index is 0.0205. The first-order valence-corrected chi connectivity index (χ1v) is 11.6. The van der Waals surface area contributed by atoms with Gasteiger partial charge in [-0.2, -0.15) is 0 Å². The Bertz CT molecular complexity index is 1080. The third-order valence-electron chi connectivity index (χ3n) is 6.89. The number of carbonyl (C=O) groups is 2. The van der Waals surface area contributed by atoms with Crippen molar-refractivity contribution < 1.29 is 28.5 Å². The van der Waals surface area contributed by atoms with Gasteiger partial charge in [-0.05, 0) is 61.1 Å². The summed E-state index contributed by atoms with van der Waals surface area (Å²) in [7, 11) is 3.16. The second kappa shape index (κ2) is 8.61. The Balaban J connectivity index is 1.42. The summed E-state index contributed by atoms with van der Waals surface area (Å²) in [6, 6.07) is 9.50. The number of fused-ring (bicyclic) bond motifs is 1. The van der Waals surface area contributed by atoms with Gasteiger partial charge >= 0.3 is 5.97 Å². The Morgan fingerprint density at radius 2 is 1.79 bits per heavy atom. The molecule has 0 atom stereocenters. The van der Waals surface area contributed by atoms with Crippen LogP contribution in [-0.4, -0.2) is 38.3 Å². The lowest BCUT2D eigenvalue weighted by atomic mass is 9.99. The maximum atomic E-state index is 12.6. The van der Waals surface area contributed by atoms with Gasteiger partial charge in [0, 0.05) is 17.7 Å². The van der Waals surface area contributed by atoms with Crippen LogP contribution in [0.3, 0.4) is 0 Å². The number of rotatable bonds is 8. The molecule has 0 radical (unpaired) electrons. The maximum Gasteiger partial charge on any atom is 0.309 e. The van der Waals surface area contributed by atoms with Crippen molar-refractivity contribution in [3.05, 3.63) is 41.5 Å². The van der Waals surface area contributed by atoms with Crippen molar-refractivity contribution in [2.75, 3.05) is 20.8 Å². The average molecular weight is 452 g/mol. The van der Waals surface area contributed by atoms with E-state index >= 15 is 0 Å². The standard InChI is InChI=1S/C26H29NO6/c1-30-21-10-9-19(17-7-8-20-18(13-17)14-27-24(20)28)22(23(21)31-2)32-15-26(11-12-26)33-25(29)16-5-3-4-6-16/h7-10,13,16H,3-6,11-12,14-15H2,1-2H3,(H,27,28). The quantitative estimate of drug-likeness (QED) is 0.604. The molecule has 33 heavy (non-hydrogen) atoms. The minimum atomic E-state index is -0.570. The maximum absolute atomic E-state index is 12.6. The fraction of sp³-hybridized carbons (Fsp3) is 0.462. The van der Waals surface area contributed by atoms with E-state index in [1.54, 1.807) is 14.2 Å². The van der Waals surface area contributed by atoms with E-state index in [1.807, 2.05) is 30.3 Å². The zero-order valence-electron chi connectivity index (χ0n) is 19.1. The zero-order valence-corrected chi connectivity index (χ0v) is 19.1. The summed E-state index contributed by atoms with van der Waals surface area (Å²) in [5.74, 6) is 1.45. The first-order chi connectivity index (χ1) is 16.0. The molecule has 0 bridgehead atoms. The average Bonchev–Trinajstić information content (AvgIpc) is 3.22. The zero-order chi connectivity index (χ0) is 23.0. The summed E-state index contributed by atoms with van der Waals surface area (Å²) in [5, 5.41) is 2.85. The normalized spacial score (nSPS) is 18.4. The number of nitrogens with one attached hydrogen (secondary N) is 1. The molecule has 1 N–H and O–H groups in total. The van der Waals surface area contributed by atoms with Gasteiger partial charge in [0.25, 0.3) is 5.91 Å². The number of ether oxygens (including phenoxy) is 4. The Hall–Kier alpha value is -3.22. The van der Waals surface area contributed by atoms with Crippen molar-refractivity contribution in [1.29, 1.82) is 0 Å². The molecular weight excluding hydrogens is 422 g/mol. The number of amides is 1. The van der Waals surface area contributed by atoms with Gasteiger partial charge in [0.2, 0.25) is 5.75 Å². The number of esters is 1. The molecule has 2 fully saturated rings. The number of carbonyl (C=O) groups excluding carboxylic acids is 2. The van der Waals surface area contributed by atoms with E-state index in [1.165, 1.54) is 0 Å². The number of hydrogen-bond donors (Lipinski definition) is 1. The minimum Gasteiger partial charge on any atom is -0.493 e. The second-order valence-electron chi connectivity index (χ2n) is 9.11. The molecule has 0 unspecified atom stereocenters. The van der Waals surface area contributed by atoms with Gasteiger partial charge in [-0.25, -0.2) is 0 Å². The van der Waals surface area contributed by atoms with Crippen LogP contribution in [-0.2, 0) is 16.1 Å². The fourth-order valence-electron chi connectivity index (χ4n) is 4.75. The molecule has 7 nitrogen and oxygen atoms in total. The van der Waals surface area contributed by atoms with Crippen molar-refractivity contribution in [2.45, 2.75) is 50.7 Å². The van der Waals surface area contributed by atoms with E-state index in [0.717, 1.165) is 55.2 Å². The van der Waals surface area contributed by atoms with Crippen molar-refractivity contribution in [2.24, 2.45) is 5.92 Å². The van der Waals surface area contributed by atoms with Gasteiger partial charge in [-0.15, -0.1) is 0 Å². The molecule has 2 aromatic carbocycles. The molecule has 7 heteroatoms. The van der Waals surface area contributed by atoms with Crippen LogP contribution in [0.15, 0.2) is 30.3 Å². The molecule has 0 aromatic heterocycles. The van der Waals surface area contributed by atoms with E-state index in [2.05, 4.69) is 5.32 Å². The van der Waals surface area contributed by atoms with Crippen LogP contribution >= 0.6 is 0 Å². The van der Waals surface area contributed by atoms with Crippen LogP contribution in [0.25, 0.3) is 11.1 Å². The lowest BCUT2D eigenvalue weighted by molar-refractivity contribution is -0.157. The first kappa shape index (κ1) is 21.6. The van der Waals surface area contributed by atoms with Crippen LogP contribution < -0.4 is 19.5 Å². The van der Waals surface area contributed by atoms with Gasteiger partial charge in [-0.3, -0.25) is 9.59 Å². The molecule has 0 saturated heterocycles. The molecule has 2 aromatic rings. The molecule has 5 rings (SSSR count). The Kier molecular flexibility index (Phi) is 5.64. The molecule has 1 heterocycles. The van der Waals surface area contributed by atoms with E-state index in [9.17, 15) is 9.59 Å². The lowest BCUT2D eigenvalue weighted by Gasteiger charge is -2.22. The van der Waals surface area contributed by atoms with Crippen LogP contribution in [0, 0.1) is 5.92 Å². The fourth-order valence-corrected chi connectivity index (χ4v) is 4.75. The highest BCUT2D eigenvalue weighted by atomic mass is 16.6. The Morgan fingerprint density at radius 1 is 1.03 bits per heavy atom. The molecule has 1 amide bonds. The highest BCUT2D eigenvalue weighted by Crippen LogP contribution is 2.47. The van der Waals surface area contributed by atoms with Gasteiger partial charge in [0.15, 0.2) is 11.5 Å². The van der Waals surface area contributed by atoms with E-state index in [-0.39, 0.29) is 24.4 Å². The molecule has 3 aliphatic rings. The topological polar surface area (TPSA) is 83.1 Å². The highest BCUT2D eigenvalue weighted by molar-refractivity contribution is 5.99. The lowest BCUT2D eigenvalue weighted by Crippen LogP contribution is -2.30. The van der Waals surface area contributed by atoms with Gasteiger partial charge in [-0.1, -0.05) is 18.9 Å². The van der Waals surface area contributed by atoms with Crippen LogP contribution in [0.1, 0.15) is 54.4 Å². The Labute approximate surface area is 193 Å². The third-order valence-corrected chi connectivity index (χ3v) is 6.89. The monoisotopic (exact) mass is 451 g/mol. The van der Waals surface area contributed by atoms with Gasteiger partial charge in [0.1, 0.15) is 12.2 Å². The molecular formula is C26H29NO6. The predicted octanol–water partition coefficient (Wildman–Crippen LogP) is 4.26. The van der Waals surface area contributed by atoms with Crippen LogP contribution in [0.5, 0.6) is 17.2 Å². The van der Waals surface area contributed by atoms with Crippen molar-refractivity contribution in [3.63, 3.8) is 0 Å². The van der Waals surface area contributed by atoms with Gasteiger partial charge in [0.05, 0.1) is 20.1 Å². The number of methoxy groups -OCH3 is 2. The number of hydrogen-bond acceptors (Lipinski definition) is 6. The summed E-state index contributed by atoms with van der Waals surface area (Å²) < 4.78 is 23.4. The highest BCUT2D eigenvalue weighted by Gasteiger charge is 2.49. The molecule has 2 aliphatic carbocycles. The smallest absolute Gasteiger partial charge is 0.309 e. The second-order valence-corrected chi connectivity index (χ2v) is 9.11. The molecule has 1 aliphatic heterocycles. The largest absolute Gasteiger partial charge is 0.493 e. The summed E-state index contributed by atoms with van der Waals surface area (Å²) in [6.45, 7) is 0.763. The number of benzene rings is 2. The van der Waals surface area contributed by atoms with E-state index in [0.29, 0.717) is 29.4 Å². The van der Waals surface area contributed by atoms with Crippen LogP contribution in [0.2, 0.25) is 0 Å². The third kappa shape index (κ3) is 4.12. The Morgan fingerprint density at radius 3 is 2.48 bits per heavy atom. The van der Waals surface area contributed by atoms with Crippen LogP contribution in [0.4, 0.5) is 0 Å². The predicted molar refractivity (Wildman–Crippen MR) is 122 cm³/mol.